The fraction of sp³-hybridized carbons (Fsp3) is 0.235. The van der Waals surface area contributed by atoms with Gasteiger partial charge in [0.2, 0.25) is 5.91 Å². The number of benzene rings is 1. The van der Waals surface area contributed by atoms with Crippen LogP contribution < -0.4 is 10.2 Å². The maximum absolute atomic E-state index is 14.4. The van der Waals surface area contributed by atoms with Gasteiger partial charge in [-0.25, -0.2) is 13.6 Å². The summed E-state index contributed by atoms with van der Waals surface area (Å²) in [7, 11) is 0. The number of rotatable bonds is 4. The number of anilines is 1. The van der Waals surface area contributed by atoms with Crippen LogP contribution in [0.5, 0.6) is 0 Å². The Labute approximate surface area is 142 Å². The van der Waals surface area contributed by atoms with Gasteiger partial charge in [-0.05, 0) is 18.2 Å². The third-order valence-electron chi connectivity index (χ3n) is 3.74. The van der Waals surface area contributed by atoms with Gasteiger partial charge in [0.05, 0.1) is 24.3 Å². The summed E-state index contributed by atoms with van der Waals surface area (Å²) in [5.74, 6) is -1.87. The third-order valence-corrected chi connectivity index (χ3v) is 3.74. The van der Waals surface area contributed by atoms with E-state index in [1.54, 1.807) is 12.1 Å². The highest BCUT2D eigenvalue weighted by Crippen LogP contribution is 2.31. The molecule has 1 aromatic heterocycles. The zero-order chi connectivity index (χ0) is 18.0. The second kappa shape index (κ2) is 6.84. The van der Waals surface area contributed by atoms with Crippen molar-refractivity contribution in [2.75, 3.05) is 18.0 Å². The van der Waals surface area contributed by atoms with E-state index in [1.165, 1.54) is 19.3 Å². The number of nitrogens with one attached hydrogen (secondary N) is 1. The number of nitrogens with zero attached hydrogens (tertiary/aromatic N) is 2. The van der Waals surface area contributed by atoms with Crippen molar-refractivity contribution in [3.63, 3.8) is 0 Å². The van der Waals surface area contributed by atoms with Gasteiger partial charge in [-0.3, -0.25) is 14.7 Å². The summed E-state index contributed by atoms with van der Waals surface area (Å²) in [6.45, 7) is 1.57. The van der Waals surface area contributed by atoms with Crippen LogP contribution in [-0.2, 0) is 9.53 Å². The van der Waals surface area contributed by atoms with Gasteiger partial charge < -0.3 is 10.1 Å². The van der Waals surface area contributed by atoms with Crippen LogP contribution in [0.3, 0.4) is 0 Å². The van der Waals surface area contributed by atoms with Crippen molar-refractivity contribution < 1.29 is 23.1 Å². The molecule has 0 spiro atoms. The molecule has 1 fully saturated rings. The molecule has 0 unspecified atom stereocenters. The molecule has 0 bridgehead atoms. The minimum absolute atomic E-state index is 0.0537. The molecule has 1 aromatic carbocycles. The average Bonchev–Trinajstić information content (AvgIpc) is 2.94. The van der Waals surface area contributed by atoms with Crippen molar-refractivity contribution >= 4 is 17.7 Å². The molecule has 2 heterocycles. The zero-order valence-electron chi connectivity index (χ0n) is 13.3. The van der Waals surface area contributed by atoms with Gasteiger partial charge in [-0.1, -0.05) is 6.07 Å². The highest BCUT2D eigenvalue weighted by Gasteiger charge is 2.33. The molecule has 0 aliphatic carbocycles. The minimum atomic E-state index is -0.805. The predicted molar refractivity (Wildman–Crippen MR) is 85.9 cm³/mol. The Morgan fingerprint density at radius 3 is 2.72 bits per heavy atom. The molecule has 1 aliphatic rings. The monoisotopic (exact) mass is 347 g/mol. The van der Waals surface area contributed by atoms with E-state index in [0.29, 0.717) is 5.56 Å². The molecule has 2 amide bonds. The summed E-state index contributed by atoms with van der Waals surface area (Å²) in [6.07, 6.45) is 1.56. The third kappa shape index (κ3) is 3.57. The Balaban J connectivity index is 1.84. The summed E-state index contributed by atoms with van der Waals surface area (Å²) in [4.78, 5) is 27.8. The quantitative estimate of drug-likeness (QED) is 0.922. The topological polar surface area (TPSA) is 71.5 Å². The Morgan fingerprint density at radius 2 is 2.12 bits per heavy atom. The summed E-state index contributed by atoms with van der Waals surface area (Å²) in [5.41, 5.74) is 0.147. The van der Waals surface area contributed by atoms with E-state index in [-0.39, 0.29) is 30.2 Å². The van der Waals surface area contributed by atoms with Crippen LogP contribution >= 0.6 is 0 Å². The minimum Gasteiger partial charge on any atom is -0.442 e. The van der Waals surface area contributed by atoms with E-state index in [1.807, 2.05) is 0 Å². The van der Waals surface area contributed by atoms with E-state index in [0.717, 1.165) is 17.0 Å². The standard InChI is InChI=1S/C17H15F2N3O3/c1-10(23)21-8-13-9-22(17(24)25-13)12-5-14(18)16(15(19)6-12)11-3-2-4-20-7-11/h2-7,13H,8-9H2,1H3,(H,21,23)/t13-/m0/s1. The Morgan fingerprint density at radius 1 is 1.40 bits per heavy atom. The largest absolute Gasteiger partial charge is 0.442 e. The number of hydrogen-bond acceptors (Lipinski definition) is 4. The van der Waals surface area contributed by atoms with Crippen LogP contribution in [0.15, 0.2) is 36.7 Å². The second-order valence-electron chi connectivity index (χ2n) is 5.58. The first kappa shape index (κ1) is 16.8. The molecule has 1 N–H and O–H groups in total. The maximum atomic E-state index is 14.4. The molecule has 25 heavy (non-hydrogen) atoms. The van der Waals surface area contributed by atoms with Crippen LogP contribution in [0.1, 0.15) is 6.92 Å². The highest BCUT2D eigenvalue weighted by molar-refractivity contribution is 5.90. The second-order valence-corrected chi connectivity index (χ2v) is 5.58. The molecule has 8 heteroatoms. The van der Waals surface area contributed by atoms with Crippen LogP contribution in [0.2, 0.25) is 0 Å². The van der Waals surface area contributed by atoms with Crippen LogP contribution in [-0.4, -0.2) is 36.2 Å². The lowest BCUT2D eigenvalue weighted by Crippen LogP contribution is -2.33. The number of ether oxygens (including phenoxy) is 1. The Hall–Kier alpha value is -3.03. The molecule has 0 radical (unpaired) electrons. The summed E-state index contributed by atoms with van der Waals surface area (Å²) >= 11 is 0. The summed E-state index contributed by atoms with van der Waals surface area (Å²) < 4.78 is 33.9. The molecule has 2 aromatic rings. The van der Waals surface area contributed by atoms with Crippen molar-refractivity contribution in [3.8, 4) is 11.1 Å². The number of aromatic nitrogens is 1. The summed E-state index contributed by atoms with van der Waals surface area (Å²) in [5, 5.41) is 2.54. The van der Waals surface area contributed by atoms with Crippen molar-refractivity contribution in [1.29, 1.82) is 0 Å². The number of amides is 2. The molecule has 0 saturated carbocycles. The van der Waals surface area contributed by atoms with Gasteiger partial charge in [0.15, 0.2) is 0 Å². The molecular formula is C17H15F2N3O3. The number of carbonyl (C=O) groups excluding carboxylic acids is 2. The van der Waals surface area contributed by atoms with E-state index in [2.05, 4.69) is 10.3 Å². The Kier molecular flexibility index (Phi) is 4.60. The SMILES string of the molecule is CC(=O)NC[C@H]1CN(c2cc(F)c(-c3cccnc3)c(F)c2)C(=O)O1. The first-order valence-electron chi connectivity index (χ1n) is 7.57. The number of cyclic esters (lactones) is 1. The molecule has 130 valence electrons. The van der Waals surface area contributed by atoms with Gasteiger partial charge in [-0.2, -0.15) is 0 Å². The first-order chi connectivity index (χ1) is 12.0. The maximum Gasteiger partial charge on any atom is 0.414 e. The summed E-state index contributed by atoms with van der Waals surface area (Å²) in [6, 6.07) is 5.27. The normalized spacial score (nSPS) is 16.7. The van der Waals surface area contributed by atoms with E-state index in [9.17, 15) is 18.4 Å². The fourth-order valence-corrected chi connectivity index (χ4v) is 2.60. The van der Waals surface area contributed by atoms with Gasteiger partial charge in [0.1, 0.15) is 17.7 Å². The molecular weight excluding hydrogens is 332 g/mol. The highest BCUT2D eigenvalue weighted by atomic mass is 19.1. The van der Waals surface area contributed by atoms with Crippen molar-refractivity contribution in [1.82, 2.24) is 10.3 Å². The molecule has 1 saturated heterocycles. The first-order valence-corrected chi connectivity index (χ1v) is 7.57. The van der Waals surface area contributed by atoms with Crippen LogP contribution in [0.4, 0.5) is 19.3 Å². The van der Waals surface area contributed by atoms with Gasteiger partial charge in [0, 0.05) is 24.9 Å². The van der Waals surface area contributed by atoms with Gasteiger partial charge in [-0.15, -0.1) is 0 Å². The lowest BCUT2D eigenvalue weighted by molar-refractivity contribution is -0.119. The van der Waals surface area contributed by atoms with Crippen molar-refractivity contribution in [2.24, 2.45) is 0 Å². The number of carbonyl (C=O) groups is 2. The van der Waals surface area contributed by atoms with E-state index < -0.39 is 23.8 Å². The van der Waals surface area contributed by atoms with Crippen LogP contribution in [0, 0.1) is 11.6 Å². The van der Waals surface area contributed by atoms with E-state index >= 15 is 0 Å². The Bertz CT molecular complexity index is 791. The number of hydrogen-bond donors (Lipinski definition) is 1. The smallest absolute Gasteiger partial charge is 0.414 e. The number of pyridine rings is 1. The lowest BCUT2D eigenvalue weighted by Gasteiger charge is -2.15. The van der Waals surface area contributed by atoms with Crippen molar-refractivity contribution in [3.05, 3.63) is 48.3 Å². The molecule has 1 aliphatic heterocycles. The predicted octanol–water partition coefficient (Wildman–Crippen LogP) is 2.49. The lowest BCUT2D eigenvalue weighted by atomic mass is 10.1. The fourth-order valence-electron chi connectivity index (χ4n) is 2.60. The van der Waals surface area contributed by atoms with Crippen LogP contribution in [0.25, 0.3) is 11.1 Å². The van der Waals surface area contributed by atoms with Gasteiger partial charge >= 0.3 is 6.09 Å². The zero-order valence-corrected chi connectivity index (χ0v) is 13.3. The van der Waals surface area contributed by atoms with Crippen molar-refractivity contribution in [2.45, 2.75) is 13.0 Å². The number of halogens is 2. The molecule has 1 atom stereocenters. The molecule has 3 rings (SSSR count). The average molecular weight is 347 g/mol. The van der Waals surface area contributed by atoms with Gasteiger partial charge in [0.25, 0.3) is 0 Å². The molecule has 6 nitrogen and oxygen atoms in total. The van der Waals surface area contributed by atoms with E-state index in [4.69, 9.17) is 4.74 Å².